The van der Waals surface area contributed by atoms with E-state index in [-0.39, 0.29) is 18.9 Å². The number of rotatable bonds is 5. The van der Waals surface area contributed by atoms with Crippen LogP contribution in [0.5, 0.6) is 0 Å². The second-order valence-electron chi connectivity index (χ2n) is 2.13. The number of carboxylic acid groups (broad SMARTS) is 1. The third-order valence-electron chi connectivity index (χ3n) is 1.22. The molecular weight excluding hydrogens is 156 g/mol. The molecule has 0 unspecified atom stereocenters. The molecule has 0 aliphatic carbocycles. The van der Waals surface area contributed by atoms with Crippen LogP contribution in [0.1, 0.15) is 12.8 Å². The van der Waals surface area contributed by atoms with Gasteiger partial charge in [-0.25, -0.2) is 0 Å². The van der Waals surface area contributed by atoms with Gasteiger partial charge < -0.3 is 10.2 Å². The summed E-state index contributed by atoms with van der Waals surface area (Å²) in [4.78, 5) is 10.1. The van der Waals surface area contributed by atoms with Crippen molar-refractivity contribution < 1.29 is 15.0 Å². The van der Waals surface area contributed by atoms with Gasteiger partial charge in [0, 0.05) is 18.9 Å². The van der Waals surface area contributed by atoms with Gasteiger partial charge in [-0.15, -0.1) is 11.6 Å². The van der Waals surface area contributed by atoms with Crippen molar-refractivity contribution in [3.8, 4) is 0 Å². The molecular formula is C6H11ClO3. The number of aliphatic hydroxyl groups excluding tert-OH is 1. The Bertz CT molecular complexity index is 105. The smallest absolute Gasteiger partial charge is 0.303 e. The minimum atomic E-state index is -0.862. The van der Waals surface area contributed by atoms with E-state index in [1.54, 1.807) is 0 Å². The predicted molar refractivity (Wildman–Crippen MR) is 38.2 cm³/mol. The molecule has 0 fully saturated rings. The number of aliphatic carboxylic acids is 1. The molecule has 0 spiro atoms. The lowest BCUT2D eigenvalue weighted by atomic mass is 10.1. The minimum Gasteiger partial charge on any atom is -0.481 e. The number of carbonyl (C=O) groups is 1. The highest BCUT2D eigenvalue weighted by Crippen LogP contribution is 2.09. The Hall–Kier alpha value is -0.280. The summed E-state index contributed by atoms with van der Waals surface area (Å²) >= 11 is 5.42. The largest absolute Gasteiger partial charge is 0.481 e. The Morgan fingerprint density at radius 2 is 2.20 bits per heavy atom. The van der Waals surface area contributed by atoms with Crippen molar-refractivity contribution in [3.63, 3.8) is 0 Å². The van der Waals surface area contributed by atoms with Crippen LogP contribution in [0.4, 0.5) is 0 Å². The van der Waals surface area contributed by atoms with Gasteiger partial charge in [-0.05, 0) is 12.3 Å². The van der Waals surface area contributed by atoms with Crippen molar-refractivity contribution in [2.75, 3.05) is 12.5 Å². The standard InChI is InChI=1S/C6H11ClO3/c7-4-5(1-2-8)3-6(9)10/h5,8H,1-4H2,(H,9,10)/t5-/m0/s1. The van der Waals surface area contributed by atoms with E-state index in [0.717, 1.165) is 0 Å². The molecule has 0 radical (unpaired) electrons. The summed E-state index contributed by atoms with van der Waals surface area (Å²) in [7, 11) is 0. The Morgan fingerprint density at radius 1 is 1.60 bits per heavy atom. The SMILES string of the molecule is O=C(O)C[C@@H](CCl)CCO. The summed E-state index contributed by atoms with van der Waals surface area (Å²) < 4.78 is 0. The van der Waals surface area contributed by atoms with E-state index in [2.05, 4.69) is 0 Å². The lowest BCUT2D eigenvalue weighted by Crippen LogP contribution is -2.10. The summed E-state index contributed by atoms with van der Waals surface area (Å²) in [6.07, 6.45) is 0.514. The highest BCUT2D eigenvalue weighted by molar-refractivity contribution is 6.18. The van der Waals surface area contributed by atoms with E-state index in [9.17, 15) is 4.79 Å². The van der Waals surface area contributed by atoms with Gasteiger partial charge in [-0.3, -0.25) is 4.79 Å². The van der Waals surface area contributed by atoms with Crippen molar-refractivity contribution in [2.24, 2.45) is 5.92 Å². The summed E-state index contributed by atoms with van der Waals surface area (Å²) in [5.41, 5.74) is 0. The van der Waals surface area contributed by atoms with Crippen LogP contribution in [0, 0.1) is 5.92 Å². The van der Waals surface area contributed by atoms with Crippen LogP contribution in [0.3, 0.4) is 0 Å². The third kappa shape index (κ3) is 4.58. The highest BCUT2D eigenvalue weighted by Gasteiger charge is 2.10. The second-order valence-corrected chi connectivity index (χ2v) is 2.44. The number of halogens is 1. The molecule has 0 saturated carbocycles. The van der Waals surface area contributed by atoms with Crippen LogP contribution in [-0.4, -0.2) is 28.7 Å². The number of carboxylic acids is 1. The zero-order valence-corrected chi connectivity index (χ0v) is 6.34. The van der Waals surface area contributed by atoms with E-state index in [4.69, 9.17) is 21.8 Å². The highest BCUT2D eigenvalue weighted by atomic mass is 35.5. The van der Waals surface area contributed by atoms with Gasteiger partial charge in [-0.2, -0.15) is 0 Å². The quantitative estimate of drug-likeness (QED) is 0.592. The zero-order chi connectivity index (χ0) is 7.98. The average Bonchev–Trinajstić information content (AvgIpc) is 1.86. The average molecular weight is 167 g/mol. The molecule has 4 heteroatoms. The first kappa shape index (κ1) is 9.72. The summed E-state index contributed by atoms with van der Waals surface area (Å²) in [5, 5.41) is 16.7. The summed E-state index contributed by atoms with van der Waals surface area (Å²) in [5.74, 6) is -0.657. The number of aliphatic hydroxyl groups is 1. The lowest BCUT2D eigenvalue weighted by Gasteiger charge is -2.07. The predicted octanol–water partition coefficient (Wildman–Crippen LogP) is 0.698. The van der Waals surface area contributed by atoms with E-state index in [0.29, 0.717) is 12.3 Å². The van der Waals surface area contributed by atoms with Gasteiger partial charge in [-0.1, -0.05) is 0 Å². The summed E-state index contributed by atoms with van der Waals surface area (Å²) in [6, 6.07) is 0. The molecule has 0 aromatic rings. The Kier molecular flexibility index (Phi) is 5.35. The molecule has 0 aromatic heterocycles. The first-order valence-corrected chi connectivity index (χ1v) is 3.62. The minimum absolute atomic E-state index is 0.00463. The first-order valence-electron chi connectivity index (χ1n) is 3.09. The topological polar surface area (TPSA) is 57.5 Å². The van der Waals surface area contributed by atoms with Crippen molar-refractivity contribution in [1.82, 2.24) is 0 Å². The molecule has 1 atom stereocenters. The van der Waals surface area contributed by atoms with Gasteiger partial charge in [0.15, 0.2) is 0 Å². The molecule has 3 nitrogen and oxygen atoms in total. The van der Waals surface area contributed by atoms with E-state index in [1.165, 1.54) is 0 Å². The zero-order valence-electron chi connectivity index (χ0n) is 5.59. The van der Waals surface area contributed by atoms with Crippen LogP contribution in [0.2, 0.25) is 0 Å². The molecule has 0 rings (SSSR count). The molecule has 10 heavy (non-hydrogen) atoms. The molecule has 2 N–H and O–H groups in total. The van der Waals surface area contributed by atoms with Gasteiger partial charge in [0.1, 0.15) is 0 Å². The maximum atomic E-state index is 10.1. The molecule has 0 aliphatic rings. The van der Waals surface area contributed by atoms with E-state index >= 15 is 0 Å². The molecule has 0 bridgehead atoms. The van der Waals surface area contributed by atoms with Crippen LogP contribution >= 0.6 is 11.6 Å². The number of hydrogen-bond acceptors (Lipinski definition) is 2. The van der Waals surface area contributed by atoms with Crippen LogP contribution < -0.4 is 0 Å². The lowest BCUT2D eigenvalue weighted by molar-refractivity contribution is -0.138. The molecule has 0 saturated heterocycles. The molecule has 60 valence electrons. The van der Waals surface area contributed by atoms with Crippen molar-refractivity contribution >= 4 is 17.6 Å². The first-order chi connectivity index (χ1) is 4.70. The number of alkyl halides is 1. The number of hydrogen-bond donors (Lipinski definition) is 2. The van der Waals surface area contributed by atoms with Crippen LogP contribution in [-0.2, 0) is 4.79 Å². The fraction of sp³-hybridized carbons (Fsp3) is 0.833. The monoisotopic (exact) mass is 166 g/mol. The maximum Gasteiger partial charge on any atom is 0.303 e. The Balaban J connectivity index is 3.49. The van der Waals surface area contributed by atoms with E-state index < -0.39 is 5.97 Å². The van der Waals surface area contributed by atoms with Gasteiger partial charge in [0.25, 0.3) is 0 Å². The van der Waals surface area contributed by atoms with E-state index in [1.807, 2.05) is 0 Å². The maximum absolute atomic E-state index is 10.1. The summed E-state index contributed by atoms with van der Waals surface area (Å²) in [6.45, 7) is 0.00463. The van der Waals surface area contributed by atoms with Crippen LogP contribution in [0.15, 0.2) is 0 Å². The van der Waals surface area contributed by atoms with Crippen molar-refractivity contribution in [3.05, 3.63) is 0 Å². The van der Waals surface area contributed by atoms with Crippen molar-refractivity contribution in [2.45, 2.75) is 12.8 Å². The van der Waals surface area contributed by atoms with Gasteiger partial charge >= 0.3 is 5.97 Å². The second kappa shape index (κ2) is 5.50. The fourth-order valence-corrected chi connectivity index (χ4v) is 0.927. The van der Waals surface area contributed by atoms with Gasteiger partial charge in [0.2, 0.25) is 0 Å². The normalized spacial score (nSPS) is 13.0. The molecule has 0 aromatic carbocycles. The molecule has 0 amide bonds. The Labute approximate surface area is 64.6 Å². The molecule has 0 aliphatic heterocycles. The van der Waals surface area contributed by atoms with Crippen LogP contribution in [0.25, 0.3) is 0 Å². The van der Waals surface area contributed by atoms with Crippen molar-refractivity contribution in [1.29, 1.82) is 0 Å². The third-order valence-corrected chi connectivity index (χ3v) is 1.66. The fourth-order valence-electron chi connectivity index (χ4n) is 0.663. The van der Waals surface area contributed by atoms with Gasteiger partial charge in [0.05, 0.1) is 0 Å². The molecule has 0 heterocycles. The Morgan fingerprint density at radius 3 is 2.50 bits per heavy atom.